The van der Waals surface area contributed by atoms with E-state index in [1.165, 1.54) is 0 Å². The minimum atomic E-state index is 0.448. The van der Waals surface area contributed by atoms with E-state index in [1.807, 2.05) is 13.0 Å². The summed E-state index contributed by atoms with van der Waals surface area (Å²) in [7, 11) is 0. The lowest BCUT2D eigenvalue weighted by molar-refractivity contribution is 0.693. The predicted octanol–water partition coefficient (Wildman–Crippen LogP) is 2.07. The zero-order valence-electron chi connectivity index (χ0n) is 7.92. The molecule has 0 aliphatic carbocycles. The summed E-state index contributed by atoms with van der Waals surface area (Å²) in [4.78, 5) is 0. The van der Waals surface area contributed by atoms with E-state index in [9.17, 15) is 0 Å². The van der Waals surface area contributed by atoms with Gasteiger partial charge in [-0.05, 0) is 24.5 Å². The van der Waals surface area contributed by atoms with Gasteiger partial charge in [-0.3, -0.25) is 0 Å². The normalized spacial score (nSPS) is 12.5. The van der Waals surface area contributed by atoms with Crippen LogP contribution in [0, 0.1) is 12.8 Å². The molecule has 72 valence electrons. The number of nitrogens with zero attached hydrogens (tertiary/aromatic N) is 2. The molecule has 1 N–H and O–H groups in total. The van der Waals surface area contributed by atoms with E-state index >= 15 is 0 Å². The summed E-state index contributed by atoms with van der Waals surface area (Å²) in [6.45, 7) is 4.91. The second-order valence-corrected chi connectivity index (χ2v) is 3.57. The number of anilines is 1. The van der Waals surface area contributed by atoms with Crippen LogP contribution in [0.15, 0.2) is 12.3 Å². The molecule has 1 heterocycles. The van der Waals surface area contributed by atoms with Crippen molar-refractivity contribution in [2.45, 2.75) is 13.8 Å². The fourth-order valence-corrected chi connectivity index (χ4v) is 0.993. The van der Waals surface area contributed by atoms with E-state index in [1.54, 1.807) is 6.20 Å². The molecular formula is C9H14ClN3. The fourth-order valence-electron chi connectivity index (χ4n) is 0.884. The molecule has 0 aliphatic rings. The van der Waals surface area contributed by atoms with Gasteiger partial charge in [0.15, 0.2) is 0 Å². The Morgan fingerprint density at radius 3 is 3.00 bits per heavy atom. The van der Waals surface area contributed by atoms with Crippen molar-refractivity contribution in [3.05, 3.63) is 17.8 Å². The van der Waals surface area contributed by atoms with Gasteiger partial charge in [0.1, 0.15) is 5.82 Å². The van der Waals surface area contributed by atoms with Crippen LogP contribution in [0.3, 0.4) is 0 Å². The zero-order chi connectivity index (χ0) is 9.68. The number of aromatic nitrogens is 2. The largest absolute Gasteiger partial charge is 0.368 e. The van der Waals surface area contributed by atoms with E-state index in [0.29, 0.717) is 11.8 Å². The summed E-state index contributed by atoms with van der Waals surface area (Å²) in [6, 6.07) is 1.97. The molecule has 0 spiro atoms. The SMILES string of the molecule is Cc1cnnc(NCC(C)CCl)c1. The number of alkyl halides is 1. The molecule has 0 aromatic carbocycles. The first-order valence-corrected chi connectivity index (χ1v) is 4.85. The second-order valence-electron chi connectivity index (χ2n) is 3.26. The van der Waals surface area contributed by atoms with Gasteiger partial charge in [-0.15, -0.1) is 16.7 Å². The molecular weight excluding hydrogens is 186 g/mol. The van der Waals surface area contributed by atoms with Gasteiger partial charge in [-0.1, -0.05) is 6.92 Å². The number of hydrogen-bond acceptors (Lipinski definition) is 3. The number of rotatable bonds is 4. The Balaban J connectivity index is 2.45. The topological polar surface area (TPSA) is 37.8 Å². The standard InChI is InChI=1S/C9H14ClN3/c1-7-3-9(13-12-6-7)11-5-8(2)4-10/h3,6,8H,4-5H2,1-2H3,(H,11,13). The van der Waals surface area contributed by atoms with Crippen LogP contribution >= 0.6 is 11.6 Å². The summed E-state index contributed by atoms with van der Waals surface area (Å²) >= 11 is 5.67. The highest BCUT2D eigenvalue weighted by Crippen LogP contribution is 2.05. The number of halogens is 1. The Bertz CT molecular complexity index is 265. The maximum Gasteiger partial charge on any atom is 0.148 e. The molecule has 0 bridgehead atoms. The first-order valence-electron chi connectivity index (χ1n) is 4.31. The van der Waals surface area contributed by atoms with Crippen molar-refractivity contribution < 1.29 is 0 Å². The lowest BCUT2D eigenvalue weighted by Gasteiger charge is -2.09. The van der Waals surface area contributed by atoms with E-state index < -0.39 is 0 Å². The van der Waals surface area contributed by atoms with Gasteiger partial charge in [-0.25, -0.2) is 0 Å². The molecule has 1 rings (SSSR count). The highest BCUT2D eigenvalue weighted by molar-refractivity contribution is 6.18. The van der Waals surface area contributed by atoms with Crippen molar-refractivity contribution in [1.82, 2.24) is 10.2 Å². The molecule has 4 heteroatoms. The molecule has 3 nitrogen and oxygen atoms in total. The minimum absolute atomic E-state index is 0.448. The van der Waals surface area contributed by atoms with Crippen LogP contribution in [0.2, 0.25) is 0 Å². The van der Waals surface area contributed by atoms with E-state index in [2.05, 4.69) is 22.4 Å². The summed E-state index contributed by atoms with van der Waals surface area (Å²) in [6.07, 6.45) is 1.73. The first kappa shape index (κ1) is 10.3. The van der Waals surface area contributed by atoms with Crippen LogP contribution in [0.1, 0.15) is 12.5 Å². The third-order valence-corrected chi connectivity index (χ3v) is 2.21. The van der Waals surface area contributed by atoms with Gasteiger partial charge in [0.2, 0.25) is 0 Å². The van der Waals surface area contributed by atoms with Crippen LogP contribution in [0.4, 0.5) is 5.82 Å². The highest BCUT2D eigenvalue weighted by atomic mass is 35.5. The first-order chi connectivity index (χ1) is 6.22. The molecule has 0 amide bonds. The van der Waals surface area contributed by atoms with Crippen LogP contribution in [0.25, 0.3) is 0 Å². The Labute approximate surface area is 83.5 Å². The van der Waals surface area contributed by atoms with E-state index in [4.69, 9.17) is 11.6 Å². The maximum atomic E-state index is 5.67. The maximum absolute atomic E-state index is 5.67. The van der Waals surface area contributed by atoms with Crippen molar-refractivity contribution in [3.8, 4) is 0 Å². The monoisotopic (exact) mass is 199 g/mol. The number of nitrogens with one attached hydrogen (secondary N) is 1. The quantitative estimate of drug-likeness (QED) is 0.755. The van der Waals surface area contributed by atoms with Crippen LogP contribution in [0.5, 0.6) is 0 Å². The van der Waals surface area contributed by atoms with Gasteiger partial charge < -0.3 is 5.32 Å². The summed E-state index contributed by atoms with van der Waals surface area (Å²) in [5, 5.41) is 11.0. The molecule has 0 radical (unpaired) electrons. The molecule has 1 aromatic rings. The molecule has 0 fully saturated rings. The number of aryl methyl sites for hydroxylation is 1. The van der Waals surface area contributed by atoms with Gasteiger partial charge in [0, 0.05) is 12.4 Å². The Morgan fingerprint density at radius 2 is 2.38 bits per heavy atom. The lowest BCUT2D eigenvalue weighted by atomic mass is 10.2. The lowest BCUT2D eigenvalue weighted by Crippen LogP contribution is -2.13. The van der Waals surface area contributed by atoms with E-state index in [-0.39, 0.29) is 0 Å². The van der Waals surface area contributed by atoms with Crippen molar-refractivity contribution >= 4 is 17.4 Å². The molecule has 13 heavy (non-hydrogen) atoms. The van der Waals surface area contributed by atoms with Crippen LogP contribution < -0.4 is 5.32 Å². The average Bonchev–Trinajstić information content (AvgIpc) is 2.14. The Morgan fingerprint density at radius 1 is 1.62 bits per heavy atom. The van der Waals surface area contributed by atoms with Crippen molar-refractivity contribution in [2.24, 2.45) is 5.92 Å². The smallest absolute Gasteiger partial charge is 0.148 e. The van der Waals surface area contributed by atoms with Crippen LogP contribution in [-0.2, 0) is 0 Å². The molecule has 0 saturated heterocycles. The van der Waals surface area contributed by atoms with Crippen molar-refractivity contribution in [1.29, 1.82) is 0 Å². The van der Waals surface area contributed by atoms with Gasteiger partial charge in [0.05, 0.1) is 6.20 Å². The summed E-state index contributed by atoms with van der Waals surface area (Å²) < 4.78 is 0. The Hall–Kier alpha value is -0.830. The number of hydrogen-bond donors (Lipinski definition) is 1. The highest BCUT2D eigenvalue weighted by Gasteiger charge is 2.00. The molecule has 0 aliphatic heterocycles. The fraction of sp³-hybridized carbons (Fsp3) is 0.556. The van der Waals surface area contributed by atoms with Gasteiger partial charge >= 0.3 is 0 Å². The minimum Gasteiger partial charge on any atom is -0.368 e. The summed E-state index contributed by atoms with van der Waals surface area (Å²) in [5.41, 5.74) is 1.11. The molecule has 1 atom stereocenters. The summed E-state index contributed by atoms with van der Waals surface area (Å²) in [5.74, 6) is 1.92. The third kappa shape index (κ3) is 3.59. The zero-order valence-corrected chi connectivity index (χ0v) is 8.67. The van der Waals surface area contributed by atoms with Gasteiger partial charge in [0.25, 0.3) is 0 Å². The van der Waals surface area contributed by atoms with Crippen molar-refractivity contribution in [3.63, 3.8) is 0 Å². The third-order valence-electron chi connectivity index (χ3n) is 1.69. The van der Waals surface area contributed by atoms with Gasteiger partial charge in [-0.2, -0.15) is 5.10 Å². The van der Waals surface area contributed by atoms with E-state index in [0.717, 1.165) is 17.9 Å². The molecule has 1 unspecified atom stereocenters. The van der Waals surface area contributed by atoms with Crippen LogP contribution in [-0.4, -0.2) is 22.6 Å². The molecule has 1 aromatic heterocycles. The molecule has 0 saturated carbocycles. The Kier molecular flexibility index (Phi) is 3.96. The van der Waals surface area contributed by atoms with Crippen molar-refractivity contribution in [2.75, 3.05) is 17.7 Å². The predicted molar refractivity (Wildman–Crippen MR) is 55.1 cm³/mol. The second kappa shape index (κ2) is 5.02. The average molecular weight is 200 g/mol.